The van der Waals surface area contributed by atoms with Gasteiger partial charge in [0.15, 0.2) is 0 Å². The summed E-state index contributed by atoms with van der Waals surface area (Å²) in [6, 6.07) is 16.6. The van der Waals surface area contributed by atoms with Gasteiger partial charge in [0.2, 0.25) is 0 Å². The van der Waals surface area contributed by atoms with E-state index in [2.05, 4.69) is 57.0 Å². The second-order valence-corrected chi connectivity index (χ2v) is 6.26. The maximum Gasteiger partial charge on any atom is 0.135 e. The highest BCUT2D eigenvalue weighted by Gasteiger charge is 2.13. The minimum absolute atomic E-state index is 0.838. The summed E-state index contributed by atoms with van der Waals surface area (Å²) < 4.78 is 6.07. The molecular formula is C20H18N4O. The van der Waals surface area contributed by atoms with E-state index >= 15 is 0 Å². The van der Waals surface area contributed by atoms with Gasteiger partial charge in [0, 0.05) is 35.2 Å². The van der Waals surface area contributed by atoms with Gasteiger partial charge in [-0.2, -0.15) is 0 Å². The van der Waals surface area contributed by atoms with Gasteiger partial charge in [-0.05, 0) is 30.3 Å². The summed E-state index contributed by atoms with van der Waals surface area (Å²) in [7, 11) is 0. The van der Waals surface area contributed by atoms with E-state index in [-0.39, 0.29) is 0 Å². The van der Waals surface area contributed by atoms with Gasteiger partial charge in [0.05, 0.1) is 13.1 Å². The number of nitrogens with one attached hydrogen (secondary N) is 2. The molecule has 0 saturated heterocycles. The first kappa shape index (κ1) is 14.3. The molecule has 3 heterocycles. The van der Waals surface area contributed by atoms with Crippen molar-refractivity contribution in [2.24, 2.45) is 9.98 Å². The van der Waals surface area contributed by atoms with Crippen molar-refractivity contribution in [2.75, 3.05) is 26.2 Å². The van der Waals surface area contributed by atoms with Crippen LogP contribution < -0.4 is 10.6 Å². The summed E-state index contributed by atoms with van der Waals surface area (Å²) in [5.74, 6) is 2.80. The number of rotatable bonds is 3. The van der Waals surface area contributed by atoms with E-state index in [1.165, 1.54) is 0 Å². The number of aliphatic imine (C=N–C) groups is 2. The molecule has 5 rings (SSSR count). The van der Waals surface area contributed by atoms with Crippen molar-refractivity contribution in [1.29, 1.82) is 0 Å². The van der Waals surface area contributed by atoms with Crippen molar-refractivity contribution in [3.63, 3.8) is 0 Å². The van der Waals surface area contributed by atoms with Crippen LogP contribution in [0.1, 0.15) is 11.1 Å². The highest BCUT2D eigenvalue weighted by molar-refractivity contribution is 6.03. The number of nitrogens with zero attached hydrogens (tertiary/aromatic N) is 2. The van der Waals surface area contributed by atoms with Gasteiger partial charge in [-0.3, -0.25) is 9.98 Å². The molecule has 0 saturated carbocycles. The number of hydrogen-bond acceptors (Lipinski definition) is 5. The zero-order valence-electron chi connectivity index (χ0n) is 13.7. The van der Waals surface area contributed by atoms with Crippen molar-refractivity contribution in [1.82, 2.24) is 10.6 Å². The molecule has 0 atom stereocenters. The van der Waals surface area contributed by atoms with Crippen molar-refractivity contribution in [3.8, 4) is 11.3 Å². The Morgan fingerprint density at radius 3 is 2.20 bits per heavy atom. The maximum absolute atomic E-state index is 6.07. The third kappa shape index (κ3) is 2.58. The highest BCUT2D eigenvalue weighted by atomic mass is 16.3. The van der Waals surface area contributed by atoms with Crippen LogP contribution in [-0.2, 0) is 0 Å². The first-order valence-corrected chi connectivity index (χ1v) is 8.58. The van der Waals surface area contributed by atoms with Gasteiger partial charge in [0.1, 0.15) is 23.0 Å². The summed E-state index contributed by atoms with van der Waals surface area (Å²) >= 11 is 0. The number of fused-ring (bicyclic) bond motifs is 1. The molecule has 2 N–H and O–H groups in total. The van der Waals surface area contributed by atoms with E-state index in [1.54, 1.807) is 0 Å². The normalized spacial score (nSPS) is 16.5. The molecule has 0 spiro atoms. The quantitative estimate of drug-likeness (QED) is 0.776. The second-order valence-electron chi connectivity index (χ2n) is 6.26. The van der Waals surface area contributed by atoms with Crippen LogP contribution in [0, 0.1) is 0 Å². The van der Waals surface area contributed by atoms with E-state index in [0.717, 1.165) is 71.3 Å². The van der Waals surface area contributed by atoms with Crippen LogP contribution >= 0.6 is 0 Å². The third-order valence-electron chi connectivity index (χ3n) is 4.56. The molecule has 2 aliphatic heterocycles. The van der Waals surface area contributed by atoms with E-state index in [9.17, 15) is 0 Å². The topological polar surface area (TPSA) is 61.9 Å². The molecule has 2 aliphatic rings. The molecule has 3 aromatic rings. The van der Waals surface area contributed by atoms with Gasteiger partial charge in [0.25, 0.3) is 0 Å². The van der Waals surface area contributed by atoms with Crippen LogP contribution in [0.25, 0.3) is 22.3 Å². The van der Waals surface area contributed by atoms with Crippen LogP contribution in [0.15, 0.2) is 62.9 Å². The molecule has 0 unspecified atom stereocenters. The molecule has 1 aromatic heterocycles. The SMILES string of the molecule is c1cc(C2=NCCN2)cc(-c2cc3cc(C4=NCCN4)ccc3o2)c1. The van der Waals surface area contributed by atoms with Crippen molar-refractivity contribution < 1.29 is 4.42 Å². The lowest BCUT2D eigenvalue weighted by Crippen LogP contribution is -2.19. The van der Waals surface area contributed by atoms with Crippen LogP contribution in [0.2, 0.25) is 0 Å². The molecule has 5 heteroatoms. The Morgan fingerprint density at radius 1 is 0.760 bits per heavy atom. The monoisotopic (exact) mass is 330 g/mol. The Labute approximate surface area is 145 Å². The molecule has 0 aliphatic carbocycles. The highest BCUT2D eigenvalue weighted by Crippen LogP contribution is 2.29. The van der Waals surface area contributed by atoms with Gasteiger partial charge in [-0.25, -0.2) is 0 Å². The molecule has 124 valence electrons. The molecule has 5 nitrogen and oxygen atoms in total. The van der Waals surface area contributed by atoms with Gasteiger partial charge < -0.3 is 15.1 Å². The van der Waals surface area contributed by atoms with Crippen LogP contribution in [0.5, 0.6) is 0 Å². The van der Waals surface area contributed by atoms with E-state index in [0.29, 0.717) is 0 Å². The summed E-state index contributed by atoms with van der Waals surface area (Å²) in [6.45, 7) is 3.50. The smallest absolute Gasteiger partial charge is 0.135 e. The van der Waals surface area contributed by atoms with Gasteiger partial charge in [-0.15, -0.1) is 0 Å². The fourth-order valence-electron chi connectivity index (χ4n) is 3.34. The number of furan rings is 1. The lowest BCUT2D eigenvalue weighted by molar-refractivity contribution is 0.631. The molecule has 25 heavy (non-hydrogen) atoms. The molecular weight excluding hydrogens is 312 g/mol. The fourth-order valence-corrected chi connectivity index (χ4v) is 3.34. The largest absolute Gasteiger partial charge is 0.456 e. The lowest BCUT2D eigenvalue weighted by atomic mass is 10.1. The maximum atomic E-state index is 6.07. The average Bonchev–Trinajstić information content (AvgIpc) is 3.42. The van der Waals surface area contributed by atoms with Crippen LogP contribution in [0.4, 0.5) is 0 Å². The van der Waals surface area contributed by atoms with Crippen LogP contribution in [0.3, 0.4) is 0 Å². The van der Waals surface area contributed by atoms with E-state index in [1.807, 2.05) is 12.1 Å². The predicted octanol–water partition coefficient (Wildman–Crippen LogP) is 2.80. The Balaban J connectivity index is 1.53. The lowest BCUT2D eigenvalue weighted by Gasteiger charge is -2.04. The van der Waals surface area contributed by atoms with E-state index in [4.69, 9.17) is 4.42 Å². The number of amidine groups is 2. The summed E-state index contributed by atoms with van der Waals surface area (Å²) in [6.07, 6.45) is 0. The molecule has 0 amide bonds. The minimum Gasteiger partial charge on any atom is -0.456 e. The Kier molecular flexibility index (Phi) is 3.30. The molecule has 0 radical (unpaired) electrons. The Morgan fingerprint density at radius 2 is 1.48 bits per heavy atom. The zero-order chi connectivity index (χ0) is 16.6. The standard InChI is InChI=1S/C20H18N4O/c1-2-13(10-14(3-1)19-21-6-7-22-19)18-12-16-11-15(4-5-17(16)25-18)20-23-8-9-24-20/h1-5,10-12H,6-9H2,(H,21,22)(H,23,24). The molecule has 2 aromatic carbocycles. The Bertz CT molecular complexity index is 1020. The summed E-state index contributed by atoms with van der Waals surface area (Å²) in [5.41, 5.74) is 4.15. The first-order chi connectivity index (χ1) is 12.4. The molecule has 0 bridgehead atoms. The Hall–Kier alpha value is -3.08. The second kappa shape index (κ2) is 5.77. The first-order valence-electron chi connectivity index (χ1n) is 8.58. The average molecular weight is 330 g/mol. The fraction of sp³-hybridized carbons (Fsp3) is 0.200. The number of hydrogen-bond donors (Lipinski definition) is 2. The zero-order valence-corrected chi connectivity index (χ0v) is 13.7. The predicted molar refractivity (Wildman–Crippen MR) is 100 cm³/mol. The summed E-state index contributed by atoms with van der Waals surface area (Å²) in [5, 5.41) is 7.72. The van der Waals surface area contributed by atoms with Gasteiger partial charge in [-0.1, -0.05) is 18.2 Å². The minimum atomic E-state index is 0.838. The summed E-state index contributed by atoms with van der Waals surface area (Å²) in [4.78, 5) is 8.98. The molecule has 0 fully saturated rings. The third-order valence-corrected chi connectivity index (χ3v) is 4.56. The van der Waals surface area contributed by atoms with Crippen molar-refractivity contribution in [3.05, 3.63) is 59.7 Å². The van der Waals surface area contributed by atoms with Crippen LogP contribution in [-0.4, -0.2) is 37.9 Å². The van der Waals surface area contributed by atoms with Crippen molar-refractivity contribution in [2.45, 2.75) is 0 Å². The number of benzene rings is 2. The van der Waals surface area contributed by atoms with Crippen molar-refractivity contribution >= 4 is 22.6 Å². The van der Waals surface area contributed by atoms with Gasteiger partial charge >= 0.3 is 0 Å². The van der Waals surface area contributed by atoms with E-state index < -0.39 is 0 Å².